The molecule has 6 heteroatoms. The average molecular weight is 439 g/mol. The van der Waals surface area contributed by atoms with Crippen LogP contribution in [0.2, 0.25) is 0 Å². The van der Waals surface area contributed by atoms with Crippen molar-refractivity contribution in [3.8, 4) is 11.5 Å². The zero-order valence-electron chi connectivity index (χ0n) is 19.2. The van der Waals surface area contributed by atoms with E-state index in [1.54, 1.807) is 0 Å². The molecule has 0 atom stereocenters. The number of hydrogen-bond donors (Lipinski definition) is 1. The molecule has 5 rings (SSSR count). The second-order valence-corrected chi connectivity index (χ2v) is 9.59. The molecule has 172 valence electrons. The molecule has 1 aliphatic carbocycles. The first-order chi connectivity index (χ1) is 15.6. The van der Waals surface area contributed by atoms with Crippen molar-refractivity contribution in [3.05, 3.63) is 46.8 Å². The Hall–Kier alpha value is -2.47. The SMILES string of the molecule is Cc1cc(C(=O)NCC2(c3ccc4c(c3)OCO4)CCOCC2)c(C)n1C1CCCCC1. The Morgan fingerprint density at radius 2 is 1.81 bits per heavy atom. The molecule has 0 bridgehead atoms. The fourth-order valence-electron chi connectivity index (χ4n) is 5.81. The Labute approximate surface area is 190 Å². The third-order valence-corrected chi connectivity index (χ3v) is 7.69. The first-order valence-electron chi connectivity index (χ1n) is 12.0. The number of ether oxygens (including phenoxy) is 3. The third-order valence-electron chi connectivity index (χ3n) is 7.69. The van der Waals surface area contributed by atoms with Gasteiger partial charge in [-0.25, -0.2) is 0 Å². The minimum absolute atomic E-state index is 0.0202. The van der Waals surface area contributed by atoms with Crippen molar-refractivity contribution < 1.29 is 19.0 Å². The number of amides is 1. The number of nitrogens with zero attached hydrogens (tertiary/aromatic N) is 1. The van der Waals surface area contributed by atoms with Crippen LogP contribution in [0.3, 0.4) is 0 Å². The van der Waals surface area contributed by atoms with Gasteiger partial charge in [-0.2, -0.15) is 0 Å². The predicted octanol–water partition coefficient (Wildman–Crippen LogP) is 4.82. The quantitative estimate of drug-likeness (QED) is 0.727. The summed E-state index contributed by atoms with van der Waals surface area (Å²) in [6, 6.07) is 8.76. The van der Waals surface area contributed by atoms with Crippen LogP contribution in [0.5, 0.6) is 11.5 Å². The van der Waals surface area contributed by atoms with Crippen LogP contribution < -0.4 is 14.8 Å². The Bertz CT molecular complexity index is 984. The third kappa shape index (κ3) is 3.90. The fraction of sp³-hybridized carbons (Fsp3) is 0.577. The summed E-state index contributed by atoms with van der Waals surface area (Å²) in [4.78, 5) is 13.3. The number of nitrogens with one attached hydrogen (secondary N) is 1. The first-order valence-corrected chi connectivity index (χ1v) is 12.0. The van der Waals surface area contributed by atoms with Crippen LogP contribution in [0.1, 0.15) is 78.3 Å². The van der Waals surface area contributed by atoms with E-state index in [4.69, 9.17) is 14.2 Å². The van der Waals surface area contributed by atoms with Crippen molar-refractivity contribution in [2.24, 2.45) is 0 Å². The number of carbonyl (C=O) groups excluding carboxylic acids is 1. The maximum Gasteiger partial charge on any atom is 0.253 e. The summed E-state index contributed by atoms with van der Waals surface area (Å²) in [6.45, 7) is 6.47. The smallest absolute Gasteiger partial charge is 0.253 e. The van der Waals surface area contributed by atoms with Gasteiger partial charge in [-0.3, -0.25) is 4.79 Å². The summed E-state index contributed by atoms with van der Waals surface area (Å²) in [5.41, 5.74) is 4.11. The molecule has 32 heavy (non-hydrogen) atoms. The predicted molar refractivity (Wildman–Crippen MR) is 123 cm³/mol. The Kier molecular flexibility index (Phi) is 5.89. The fourth-order valence-corrected chi connectivity index (χ4v) is 5.81. The molecule has 1 aromatic carbocycles. The summed E-state index contributed by atoms with van der Waals surface area (Å²) in [6.07, 6.45) is 8.05. The highest BCUT2D eigenvalue weighted by atomic mass is 16.7. The van der Waals surface area contributed by atoms with Gasteiger partial charge in [0, 0.05) is 42.6 Å². The standard InChI is InChI=1S/C26H34N2O4/c1-18-14-22(19(2)28(18)21-6-4-3-5-7-21)25(29)27-16-26(10-12-30-13-11-26)20-8-9-23-24(15-20)32-17-31-23/h8-9,14-15,21H,3-7,10-13,16-17H2,1-2H3,(H,27,29). The molecule has 1 saturated heterocycles. The highest BCUT2D eigenvalue weighted by Gasteiger charge is 2.36. The molecule has 0 radical (unpaired) electrons. The lowest BCUT2D eigenvalue weighted by Crippen LogP contribution is -2.44. The molecule has 0 unspecified atom stereocenters. The number of carbonyl (C=O) groups is 1. The van der Waals surface area contributed by atoms with E-state index < -0.39 is 0 Å². The first kappa shape index (κ1) is 21.4. The van der Waals surface area contributed by atoms with Crippen LogP contribution in [0, 0.1) is 13.8 Å². The molecular formula is C26H34N2O4. The minimum atomic E-state index is -0.163. The van der Waals surface area contributed by atoms with Gasteiger partial charge >= 0.3 is 0 Å². The zero-order chi connectivity index (χ0) is 22.1. The monoisotopic (exact) mass is 438 g/mol. The van der Waals surface area contributed by atoms with E-state index in [0.717, 1.165) is 35.6 Å². The van der Waals surface area contributed by atoms with Gasteiger partial charge in [0.2, 0.25) is 6.79 Å². The number of hydrogen-bond acceptors (Lipinski definition) is 4. The summed E-state index contributed by atoms with van der Waals surface area (Å²) < 4.78 is 19.2. The van der Waals surface area contributed by atoms with Crippen molar-refractivity contribution in [2.45, 2.75) is 70.3 Å². The molecule has 3 heterocycles. The molecule has 1 N–H and O–H groups in total. The second-order valence-electron chi connectivity index (χ2n) is 9.59. The average Bonchev–Trinajstić information content (AvgIpc) is 3.42. The summed E-state index contributed by atoms with van der Waals surface area (Å²) in [5, 5.41) is 3.28. The summed E-state index contributed by atoms with van der Waals surface area (Å²) in [5.74, 6) is 1.60. The molecule has 1 amide bonds. The number of aromatic nitrogens is 1. The zero-order valence-corrected chi connectivity index (χ0v) is 19.2. The van der Waals surface area contributed by atoms with Crippen molar-refractivity contribution in [1.82, 2.24) is 9.88 Å². The number of aryl methyl sites for hydroxylation is 1. The number of benzene rings is 1. The minimum Gasteiger partial charge on any atom is -0.454 e. The molecular weight excluding hydrogens is 404 g/mol. The molecule has 2 fully saturated rings. The van der Waals surface area contributed by atoms with Crippen molar-refractivity contribution in [1.29, 1.82) is 0 Å². The van der Waals surface area contributed by atoms with Gasteiger partial charge < -0.3 is 24.1 Å². The van der Waals surface area contributed by atoms with Gasteiger partial charge in [0.05, 0.1) is 5.56 Å². The molecule has 3 aliphatic rings. The summed E-state index contributed by atoms with van der Waals surface area (Å²) >= 11 is 0. The Morgan fingerprint density at radius 1 is 1.06 bits per heavy atom. The number of fused-ring (bicyclic) bond motifs is 1. The normalized spacial score (nSPS) is 20.3. The molecule has 0 spiro atoms. The van der Waals surface area contributed by atoms with Crippen LogP contribution in [-0.4, -0.2) is 37.0 Å². The van der Waals surface area contributed by atoms with E-state index in [-0.39, 0.29) is 18.1 Å². The lowest BCUT2D eigenvalue weighted by Gasteiger charge is -2.38. The van der Waals surface area contributed by atoms with Crippen LogP contribution >= 0.6 is 0 Å². The lowest BCUT2D eigenvalue weighted by atomic mass is 9.74. The maximum absolute atomic E-state index is 13.3. The van der Waals surface area contributed by atoms with Crippen LogP contribution in [0.4, 0.5) is 0 Å². The Morgan fingerprint density at radius 3 is 2.59 bits per heavy atom. The highest BCUT2D eigenvalue weighted by Crippen LogP contribution is 2.40. The van der Waals surface area contributed by atoms with Gasteiger partial charge in [-0.05, 0) is 63.3 Å². The van der Waals surface area contributed by atoms with Gasteiger partial charge in [0.15, 0.2) is 11.5 Å². The van der Waals surface area contributed by atoms with Gasteiger partial charge in [0.1, 0.15) is 0 Å². The van der Waals surface area contributed by atoms with Crippen LogP contribution in [0.25, 0.3) is 0 Å². The van der Waals surface area contributed by atoms with Crippen molar-refractivity contribution in [3.63, 3.8) is 0 Å². The largest absolute Gasteiger partial charge is 0.454 e. The molecule has 6 nitrogen and oxygen atoms in total. The van der Waals surface area contributed by atoms with Gasteiger partial charge in [-0.15, -0.1) is 0 Å². The van der Waals surface area contributed by atoms with E-state index in [1.807, 2.05) is 6.07 Å². The highest BCUT2D eigenvalue weighted by molar-refractivity contribution is 5.95. The lowest BCUT2D eigenvalue weighted by molar-refractivity contribution is 0.0486. The Balaban J connectivity index is 1.35. The van der Waals surface area contributed by atoms with Crippen molar-refractivity contribution >= 4 is 5.91 Å². The van der Waals surface area contributed by atoms with Crippen LogP contribution in [-0.2, 0) is 10.2 Å². The van der Waals surface area contributed by atoms with E-state index in [9.17, 15) is 4.79 Å². The van der Waals surface area contributed by atoms with E-state index >= 15 is 0 Å². The molecule has 2 aliphatic heterocycles. The number of rotatable bonds is 5. The van der Waals surface area contributed by atoms with E-state index in [1.165, 1.54) is 43.4 Å². The van der Waals surface area contributed by atoms with E-state index in [0.29, 0.717) is 25.8 Å². The van der Waals surface area contributed by atoms with Gasteiger partial charge in [-0.1, -0.05) is 25.3 Å². The van der Waals surface area contributed by atoms with Gasteiger partial charge in [0.25, 0.3) is 5.91 Å². The summed E-state index contributed by atoms with van der Waals surface area (Å²) in [7, 11) is 0. The molecule has 1 aromatic heterocycles. The molecule has 1 saturated carbocycles. The molecule has 2 aromatic rings. The second kappa shape index (κ2) is 8.81. The van der Waals surface area contributed by atoms with E-state index in [2.05, 4.69) is 41.9 Å². The maximum atomic E-state index is 13.3. The van der Waals surface area contributed by atoms with Crippen molar-refractivity contribution in [2.75, 3.05) is 26.6 Å². The van der Waals surface area contributed by atoms with Crippen LogP contribution in [0.15, 0.2) is 24.3 Å². The topological polar surface area (TPSA) is 61.7 Å².